The molecule has 0 spiro atoms. The molecule has 0 unspecified atom stereocenters. The first-order valence-electron chi connectivity index (χ1n) is 9.89. The second kappa shape index (κ2) is 8.24. The standard InChI is InChI=1S/C23H19ClN4O2/c24-21-8-7-20(22(28-21)23-26-10-2-11-27-23)30-19-9-12-25-18-6-5-16(13-17(18)19)29-14-15-3-1-4-15/h2,5-13,15H,1,3-4,14H2. The fraction of sp³-hybridized carbons (Fsp3) is 0.217. The molecular formula is C23H19ClN4O2. The second-order valence-corrected chi connectivity index (χ2v) is 7.64. The molecule has 4 aromatic rings. The van der Waals surface area contributed by atoms with Crippen LogP contribution in [-0.2, 0) is 0 Å². The van der Waals surface area contributed by atoms with E-state index in [1.165, 1.54) is 19.3 Å². The first-order chi connectivity index (χ1) is 14.8. The number of halogens is 1. The summed E-state index contributed by atoms with van der Waals surface area (Å²) in [6.45, 7) is 0.749. The minimum Gasteiger partial charge on any atom is -0.493 e. The second-order valence-electron chi connectivity index (χ2n) is 7.25. The van der Waals surface area contributed by atoms with E-state index < -0.39 is 0 Å². The highest BCUT2D eigenvalue weighted by atomic mass is 35.5. The lowest BCUT2D eigenvalue weighted by Gasteiger charge is -2.25. The Kier molecular flexibility index (Phi) is 5.15. The minimum atomic E-state index is 0.344. The average Bonchev–Trinajstić information content (AvgIpc) is 2.75. The summed E-state index contributed by atoms with van der Waals surface area (Å²) in [5.41, 5.74) is 1.30. The van der Waals surface area contributed by atoms with E-state index in [0.29, 0.717) is 34.1 Å². The summed E-state index contributed by atoms with van der Waals surface area (Å²) in [6, 6.07) is 12.9. The maximum absolute atomic E-state index is 6.25. The van der Waals surface area contributed by atoms with Gasteiger partial charge in [0.15, 0.2) is 17.3 Å². The van der Waals surface area contributed by atoms with Crippen LogP contribution in [0.2, 0.25) is 5.15 Å². The molecule has 0 bridgehead atoms. The van der Waals surface area contributed by atoms with Gasteiger partial charge in [0.05, 0.1) is 12.1 Å². The smallest absolute Gasteiger partial charge is 0.182 e. The van der Waals surface area contributed by atoms with E-state index in [1.54, 1.807) is 36.8 Å². The predicted molar refractivity (Wildman–Crippen MR) is 115 cm³/mol. The molecule has 0 atom stereocenters. The number of rotatable bonds is 6. The van der Waals surface area contributed by atoms with E-state index in [0.717, 1.165) is 23.3 Å². The molecule has 5 rings (SSSR count). The summed E-state index contributed by atoms with van der Waals surface area (Å²) in [6.07, 6.45) is 8.82. The van der Waals surface area contributed by atoms with Gasteiger partial charge in [-0.25, -0.2) is 15.0 Å². The van der Waals surface area contributed by atoms with Crippen molar-refractivity contribution in [2.24, 2.45) is 5.92 Å². The molecule has 0 aliphatic heterocycles. The number of hydrogen-bond acceptors (Lipinski definition) is 6. The highest BCUT2D eigenvalue weighted by Gasteiger charge is 2.18. The molecule has 150 valence electrons. The molecule has 30 heavy (non-hydrogen) atoms. The third-order valence-electron chi connectivity index (χ3n) is 5.21. The van der Waals surface area contributed by atoms with Crippen LogP contribution >= 0.6 is 11.6 Å². The molecule has 0 N–H and O–H groups in total. The van der Waals surface area contributed by atoms with Crippen LogP contribution in [0.5, 0.6) is 17.2 Å². The van der Waals surface area contributed by atoms with Gasteiger partial charge in [0.1, 0.15) is 16.7 Å². The third-order valence-corrected chi connectivity index (χ3v) is 5.42. The zero-order valence-electron chi connectivity index (χ0n) is 16.2. The predicted octanol–water partition coefficient (Wildman–Crippen LogP) is 5.71. The fourth-order valence-corrected chi connectivity index (χ4v) is 3.50. The molecular weight excluding hydrogens is 400 g/mol. The van der Waals surface area contributed by atoms with Crippen molar-refractivity contribution in [2.75, 3.05) is 6.61 Å². The van der Waals surface area contributed by atoms with Gasteiger partial charge in [-0.1, -0.05) is 18.0 Å². The largest absolute Gasteiger partial charge is 0.493 e. The van der Waals surface area contributed by atoms with Crippen molar-refractivity contribution in [1.29, 1.82) is 0 Å². The molecule has 6 nitrogen and oxygen atoms in total. The van der Waals surface area contributed by atoms with Crippen LogP contribution in [-0.4, -0.2) is 26.5 Å². The number of nitrogens with zero attached hydrogens (tertiary/aromatic N) is 4. The summed E-state index contributed by atoms with van der Waals surface area (Å²) in [7, 11) is 0. The summed E-state index contributed by atoms with van der Waals surface area (Å²) >= 11 is 6.11. The van der Waals surface area contributed by atoms with Gasteiger partial charge in [0.2, 0.25) is 0 Å². The van der Waals surface area contributed by atoms with E-state index in [9.17, 15) is 0 Å². The highest BCUT2D eigenvalue weighted by molar-refractivity contribution is 6.29. The Morgan fingerprint density at radius 2 is 1.80 bits per heavy atom. The molecule has 1 fully saturated rings. The third kappa shape index (κ3) is 3.91. The number of benzene rings is 1. The first-order valence-corrected chi connectivity index (χ1v) is 10.3. The van der Waals surface area contributed by atoms with E-state index in [1.807, 2.05) is 24.3 Å². The van der Waals surface area contributed by atoms with Gasteiger partial charge in [-0.15, -0.1) is 0 Å². The van der Waals surface area contributed by atoms with Crippen molar-refractivity contribution >= 4 is 22.5 Å². The van der Waals surface area contributed by atoms with Gasteiger partial charge >= 0.3 is 0 Å². The van der Waals surface area contributed by atoms with Gasteiger partial charge in [-0.05, 0) is 61.2 Å². The Balaban J connectivity index is 1.49. The van der Waals surface area contributed by atoms with Crippen LogP contribution in [0.25, 0.3) is 22.4 Å². The van der Waals surface area contributed by atoms with Crippen molar-refractivity contribution in [3.8, 4) is 28.8 Å². The Labute approximate surface area is 178 Å². The van der Waals surface area contributed by atoms with Crippen LogP contribution in [0.3, 0.4) is 0 Å². The Bertz CT molecular complexity index is 1180. The topological polar surface area (TPSA) is 70.0 Å². The molecule has 0 radical (unpaired) electrons. The van der Waals surface area contributed by atoms with Crippen LogP contribution in [0.4, 0.5) is 0 Å². The van der Waals surface area contributed by atoms with Crippen LogP contribution in [0.1, 0.15) is 19.3 Å². The molecule has 1 aliphatic rings. The van der Waals surface area contributed by atoms with E-state index >= 15 is 0 Å². The molecule has 0 amide bonds. The summed E-state index contributed by atoms with van der Waals surface area (Å²) in [5.74, 6) is 3.08. The van der Waals surface area contributed by atoms with Crippen molar-refractivity contribution in [3.05, 3.63) is 66.2 Å². The zero-order valence-corrected chi connectivity index (χ0v) is 16.9. The number of fused-ring (bicyclic) bond motifs is 1. The van der Waals surface area contributed by atoms with E-state index in [-0.39, 0.29) is 0 Å². The summed E-state index contributed by atoms with van der Waals surface area (Å²) in [5, 5.41) is 1.20. The molecule has 3 aromatic heterocycles. The van der Waals surface area contributed by atoms with Gasteiger partial charge in [0.25, 0.3) is 0 Å². The van der Waals surface area contributed by atoms with Crippen molar-refractivity contribution in [1.82, 2.24) is 19.9 Å². The van der Waals surface area contributed by atoms with Gasteiger partial charge in [0, 0.05) is 24.0 Å². The van der Waals surface area contributed by atoms with Gasteiger partial charge in [-0.3, -0.25) is 4.98 Å². The van der Waals surface area contributed by atoms with Crippen molar-refractivity contribution in [2.45, 2.75) is 19.3 Å². The lowest BCUT2D eigenvalue weighted by molar-refractivity contribution is 0.181. The Hall–Kier alpha value is -3.25. The molecule has 3 heterocycles. The zero-order chi connectivity index (χ0) is 20.3. The SMILES string of the molecule is Clc1ccc(Oc2ccnc3ccc(OCC4CCC4)cc23)c(-c2ncccn2)n1. The van der Waals surface area contributed by atoms with Gasteiger partial charge < -0.3 is 9.47 Å². The highest BCUT2D eigenvalue weighted by Crippen LogP contribution is 2.36. The van der Waals surface area contributed by atoms with Crippen LogP contribution in [0.15, 0.2) is 61.1 Å². The van der Waals surface area contributed by atoms with Crippen molar-refractivity contribution < 1.29 is 9.47 Å². The molecule has 1 aliphatic carbocycles. The summed E-state index contributed by atoms with van der Waals surface area (Å²) in [4.78, 5) is 17.4. The quantitative estimate of drug-likeness (QED) is 0.373. The van der Waals surface area contributed by atoms with E-state index in [4.69, 9.17) is 21.1 Å². The van der Waals surface area contributed by atoms with Gasteiger partial charge in [-0.2, -0.15) is 0 Å². The number of aromatic nitrogens is 4. The number of ether oxygens (including phenoxy) is 2. The maximum Gasteiger partial charge on any atom is 0.182 e. The average molecular weight is 419 g/mol. The van der Waals surface area contributed by atoms with Crippen molar-refractivity contribution in [3.63, 3.8) is 0 Å². The van der Waals surface area contributed by atoms with Crippen LogP contribution < -0.4 is 9.47 Å². The fourth-order valence-electron chi connectivity index (χ4n) is 3.36. The van der Waals surface area contributed by atoms with Crippen LogP contribution in [0, 0.1) is 5.92 Å². The first kappa shape index (κ1) is 18.8. The lowest BCUT2D eigenvalue weighted by atomic mass is 9.86. The normalized spacial score (nSPS) is 13.8. The molecule has 0 saturated heterocycles. The monoisotopic (exact) mass is 418 g/mol. The number of hydrogen-bond donors (Lipinski definition) is 0. The Morgan fingerprint density at radius 3 is 2.60 bits per heavy atom. The molecule has 1 saturated carbocycles. The summed E-state index contributed by atoms with van der Waals surface area (Å²) < 4.78 is 12.2. The maximum atomic E-state index is 6.25. The van der Waals surface area contributed by atoms with E-state index in [2.05, 4.69) is 19.9 Å². The molecule has 7 heteroatoms. The number of pyridine rings is 2. The minimum absolute atomic E-state index is 0.344. The Morgan fingerprint density at radius 1 is 0.933 bits per heavy atom. The lowest BCUT2D eigenvalue weighted by Crippen LogP contribution is -2.19. The molecule has 1 aromatic carbocycles.